The lowest BCUT2D eigenvalue weighted by molar-refractivity contribution is 0.124. The van der Waals surface area contributed by atoms with Crippen LogP contribution in [0.2, 0.25) is 0 Å². The van der Waals surface area contributed by atoms with E-state index in [0.717, 1.165) is 19.4 Å². The largest absolute Gasteiger partial charge is 0.379 e. The second kappa shape index (κ2) is 15.0. The molecule has 0 spiro atoms. The highest BCUT2D eigenvalue weighted by atomic mass is 16.3. The van der Waals surface area contributed by atoms with E-state index in [4.69, 9.17) is 0 Å². The molecule has 110 valence electrons. The van der Waals surface area contributed by atoms with E-state index in [0.29, 0.717) is 0 Å². The summed E-state index contributed by atoms with van der Waals surface area (Å²) in [5.74, 6) is 0. The molecule has 0 aromatic carbocycles. The van der Waals surface area contributed by atoms with Crippen LogP contribution in [0.4, 0.5) is 0 Å². The maximum Gasteiger partial charge on any atom is 0.104 e. The van der Waals surface area contributed by atoms with E-state index in [2.05, 4.69) is 19.2 Å². The van der Waals surface area contributed by atoms with Gasteiger partial charge in [0.1, 0.15) is 6.23 Å². The van der Waals surface area contributed by atoms with Crippen LogP contribution in [0, 0.1) is 0 Å². The summed E-state index contributed by atoms with van der Waals surface area (Å²) in [4.78, 5) is 0. The Labute approximate surface area is 115 Å². The molecule has 0 heterocycles. The van der Waals surface area contributed by atoms with Crippen molar-refractivity contribution < 1.29 is 5.11 Å². The van der Waals surface area contributed by atoms with Crippen molar-refractivity contribution in [1.29, 1.82) is 0 Å². The highest BCUT2D eigenvalue weighted by molar-refractivity contribution is 4.55. The van der Waals surface area contributed by atoms with Crippen LogP contribution in [-0.2, 0) is 0 Å². The Hall–Kier alpha value is -0.0800. The fraction of sp³-hybridized carbons (Fsp3) is 1.00. The van der Waals surface area contributed by atoms with Crippen molar-refractivity contribution in [2.24, 2.45) is 0 Å². The number of rotatable bonds is 14. The molecule has 0 bridgehead atoms. The van der Waals surface area contributed by atoms with Gasteiger partial charge in [-0.1, -0.05) is 71.6 Å². The summed E-state index contributed by atoms with van der Waals surface area (Å²) in [6.07, 6.45) is 14.9. The van der Waals surface area contributed by atoms with E-state index in [9.17, 15) is 5.11 Å². The highest BCUT2D eigenvalue weighted by Gasteiger charge is 2.01. The quantitative estimate of drug-likeness (QED) is 0.352. The molecule has 2 heteroatoms. The molecule has 0 aliphatic rings. The van der Waals surface area contributed by atoms with Crippen molar-refractivity contribution in [3.05, 3.63) is 0 Å². The normalized spacial score (nSPS) is 12.8. The minimum atomic E-state index is -0.276. The molecule has 1 atom stereocenters. The monoisotopic (exact) mass is 257 g/mol. The SMILES string of the molecule is CCCCCCCCCC(O)NCCCCCC. The third kappa shape index (κ3) is 14.0. The van der Waals surface area contributed by atoms with Gasteiger partial charge in [0.25, 0.3) is 0 Å². The van der Waals surface area contributed by atoms with Crippen LogP contribution in [0.5, 0.6) is 0 Å². The summed E-state index contributed by atoms with van der Waals surface area (Å²) < 4.78 is 0. The number of aliphatic hydroxyl groups excluding tert-OH is 1. The zero-order valence-corrected chi connectivity index (χ0v) is 12.7. The van der Waals surface area contributed by atoms with E-state index >= 15 is 0 Å². The van der Waals surface area contributed by atoms with Gasteiger partial charge < -0.3 is 5.11 Å². The Kier molecular flexibility index (Phi) is 14.9. The topological polar surface area (TPSA) is 32.3 Å². The standard InChI is InChI=1S/C16H35NO/c1-3-5-7-9-10-11-12-14-16(18)17-15-13-8-6-4-2/h16-18H,3-15H2,1-2H3. The minimum absolute atomic E-state index is 0.276. The van der Waals surface area contributed by atoms with Crippen LogP contribution >= 0.6 is 0 Å². The maximum atomic E-state index is 9.74. The van der Waals surface area contributed by atoms with Gasteiger partial charge in [-0.2, -0.15) is 0 Å². The van der Waals surface area contributed by atoms with Gasteiger partial charge in [0, 0.05) is 0 Å². The zero-order chi connectivity index (χ0) is 13.5. The zero-order valence-electron chi connectivity index (χ0n) is 12.7. The van der Waals surface area contributed by atoms with E-state index in [1.54, 1.807) is 0 Å². The summed E-state index contributed by atoms with van der Waals surface area (Å²) >= 11 is 0. The third-order valence-corrected chi connectivity index (χ3v) is 3.49. The summed E-state index contributed by atoms with van der Waals surface area (Å²) in [7, 11) is 0. The van der Waals surface area contributed by atoms with Crippen LogP contribution in [0.15, 0.2) is 0 Å². The smallest absolute Gasteiger partial charge is 0.104 e. The Morgan fingerprint density at radius 1 is 0.722 bits per heavy atom. The molecule has 1 unspecified atom stereocenters. The van der Waals surface area contributed by atoms with Gasteiger partial charge in [-0.3, -0.25) is 5.32 Å². The molecule has 18 heavy (non-hydrogen) atoms. The summed E-state index contributed by atoms with van der Waals surface area (Å²) in [6, 6.07) is 0. The second-order valence-corrected chi connectivity index (χ2v) is 5.44. The fourth-order valence-electron chi connectivity index (χ4n) is 2.22. The molecule has 0 aromatic heterocycles. The number of nitrogens with one attached hydrogen (secondary N) is 1. The van der Waals surface area contributed by atoms with Crippen molar-refractivity contribution in [1.82, 2.24) is 5.32 Å². The molecule has 0 saturated heterocycles. The van der Waals surface area contributed by atoms with Gasteiger partial charge in [-0.15, -0.1) is 0 Å². The lowest BCUT2D eigenvalue weighted by atomic mass is 10.1. The molecular formula is C16H35NO. The minimum Gasteiger partial charge on any atom is -0.379 e. The van der Waals surface area contributed by atoms with Gasteiger partial charge in [-0.25, -0.2) is 0 Å². The highest BCUT2D eigenvalue weighted by Crippen LogP contribution is 2.09. The molecular weight excluding hydrogens is 222 g/mol. The van der Waals surface area contributed by atoms with E-state index < -0.39 is 0 Å². The molecule has 0 rings (SSSR count). The average Bonchev–Trinajstić information content (AvgIpc) is 2.37. The maximum absolute atomic E-state index is 9.74. The predicted molar refractivity (Wildman–Crippen MR) is 80.8 cm³/mol. The van der Waals surface area contributed by atoms with Crippen molar-refractivity contribution in [2.45, 2.75) is 97.1 Å². The van der Waals surface area contributed by atoms with Crippen molar-refractivity contribution in [3.63, 3.8) is 0 Å². The van der Waals surface area contributed by atoms with Gasteiger partial charge in [0.2, 0.25) is 0 Å². The fourth-order valence-corrected chi connectivity index (χ4v) is 2.22. The molecule has 0 aliphatic heterocycles. The molecule has 2 N–H and O–H groups in total. The summed E-state index contributed by atoms with van der Waals surface area (Å²) in [5, 5.41) is 12.9. The lowest BCUT2D eigenvalue weighted by Gasteiger charge is -2.12. The number of aliphatic hydroxyl groups is 1. The average molecular weight is 257 g/mol. The van der Waals surface area contributed by atoms with Crippen LogP contribution in [0.1, 0.15) is 90.9 Å². The second-order valence-electron chi connectivity index (χ2n) is 5.44. The van der Waals surface area contributed by atoms with Crippen LogP contribution < -0.4 is 5.32 Å². The number of unbranched alkanes of at least 4 members (excludes halogenated alkanes) is 9. The molecule has 0 aliphatic carbocycles. The van der Waals surface area contributed by atoms with E-state index in [1.165, 1.54) is 64.2 Å². The van der Waals surface area contributed by atoms with Crippen molar-refractivity contribution in [2.75, 3.05) is 6.54 Å². The van der Waals surface area contributed by atoms with Crippen molar-refractivity contribution >= 4 is 0 Å². The van der Waals surface area contributed by atoms with Gasteiger partial charge in [-0.05, 0) is 25.8 Å². The molecule has 0 fully saturated rings. The first-order valence-corrected chi connectivity index (χ1v) is 8.22. The third-order valence-electron chi connectivity index (χ3n) is 3.49. The Morgan fingerprint density at radius 2 is 1.22 bits per heavy atom. The van der Waals surface area contributed by atoms with E-state index in [-0.39, 0.29) is 6.23 Å². The summed E-state index contributed by atoms with van der Waals surface area (Å²) in [6.45, 7) is 5.45. The van der Waals surface area contributed by atoms with Crippen molar-refractivity contribution in [3.8, 4) is 0 Å². The van der Waals surface area contributed by atoms with Crippen LogP contribution in [0.25, 0.3) is 0 Å². The Balaban J connectivity index is 3.09. The Morgan fingerprint density at radius 3 is 1.83 bits per heavy atom. The predicted octanol–water partition coefficient (Wildman–Crippen LogP) is 4.62. The van der Waals surface area contributed by atoms with Crippen LogP contribution in [-0.4, -0.2) is 17.9 Å². The molecule has 0 saturated carbocycles. The van der Waals surface area contributed by atoms with Crippen LogP contribution in [0.3, 0.4) is 0 Å². The Bertz CT molecular complexity index is 150. The molecule has 2 nitrogen and oxygen atoms in total. The number of hydrogen-bond acceptors (Lipinski definition) is 2. The lowest BCUT2D eigenvalue weighted by Crippen LogP contribution is -2.29. The molecule has 0 aromatic rings. The first kappa shape index (κ1) is 17.9. The molecule has 0 amide bonds. The van der Waals surface area contributed by atoms with Gasteiger partial charge in [0.15, 0.2) is 0 Å². The molecule has 0 radical (unpaired) electrons. The number of hydrogen-bond donors (Lipinski definition) is 2. The van der Waals surface area contributed by atoms with E-state index in [1.807, 2.05) is 0 Å². The van der Waals surface area contributed by atoms with Gasteiger partial charge >= 0.3 is 0 Å². The first-order chi connectivity index (χ1) is 8.81. The summed E-state index contributed by atoms with van der Waals surface area (Å²) in [5.41, 5.74) is 0. The first-order valence-electron chi connectivity index (χ1n) is 8.22. The van der Waals surface area contributed by atoms with Gasteiger partial charge in [0.05, 0.1) is 0 Å².